The summed E-state index contributed by atoms with van der Waals surface area (Å²) in [6.07, 6.45) is 8.00. The molecule has 4 unspecified atom stereocenters. The lowest BCUT2D eigenvalue weighted by molar-refractivity contribution is -0.150. The van der Waals surface area contributed by atoms with Gasteiger partial charge in [0.2, 0.25) is 6.41 Å². The summed E-state index contributed by atoms with van der Waals surface area (Å²) in [7, 11) is 0. The Hall–Kier alpha value is -0.890. The van der Waals surface area contributed by atoms with Crippen LogP contribution in [0.4, 0.5) is 0 Å². The molecule has 0 amide bonds. The summed E-state index contributed by atoms with van der Waals surface area (Å²) >= 11 is 0. The van der Waals surface area contributed by atoms with Crippen molar-refractivity contribution in [3.63, 3.8) is 0 Å². The molecule has 0 aromatic carbocycles. The Labute approximate surface area is 122 Å². The van der Waals surface area contributed by atoms with E-state index < -0.39 is 12.5 Å². The van der Waals surface area contributed by atoms with Crippen LogP contribution in [0.5, 0.6) is 0 Å². The van der Waals surface area contributed by atoms with Gasteiger partial charge >= 0.3 is 0 Å². The zero-order valence-corrected chi connectivity index (χ0v) is 13.0. The van der Waals surface area contributed by atoms with Crippen LogP contribution < -0.4 is 5.32 Å². The Morgan fingerprint density at radius 2 is 2.20 bits per heavy atom. The van der Waals surface area contributed by atoms with Crippen molar-refractivity contribution >= 4 is 5.78 Å². The van der Waals surface area contributed by atoms with Gasteiger partial charge in [-0.2, -0.15) is 0 Å². The van der Waals surface area contributed by atoms with Crippen LogP contribution in [-0.2, 0) is 9.53 Å². The highest BCUT2D eigenvalue weighted by atomic mass is 16.6. The van der Waals surface area contributed by atoms with Gasteiger partial charge < -0.3 is 9.84 Å². The normalized spacial score (nSPS) is 24.8. The Balaban J connectivity index is 2.32. The third kappa shape index (κ3) is 5.62. The smallest absolute Gasteiger partial charge is 0.214 e. The van der Waals surface area contributed by atoms with E-state index in [-0.39, 0.29) is 17.3 Å². The summed E-state index contributed by atoms with van der Waals surface area (Å²) in [6.45, 7) is 7.39. The van der Waals surface area contributed by atoms with E-state index in [0.717, 1.165) is 25.7 Å². The number of ether oxygens (including phenoxy) is 1. The molecule has 1 rings (SSSR count). The average Bonchev–Trinajstić information content (AvgIpc) is 3.03. The van der Waals surface area contributed by atoms with E-state index in [1.54, 1.807) is 0 Å². The maximum atomic E-state index is 11.6. The summed E-state index contributed by atoms with van der Waals surface area (Å²) in [4.78, 5) is 11.6. The van der Waals surface area contributed by atoms with Gasteiger partial charge in [-0.05, 0) is 37.5 Å². The Kier molecular flexibility index (Phi) is 6.19. The van der Waals surface area contributed by atoms with Crippen molar-refractivity contribution in [3.8, 4) is 12.3 Å². The minimum atomic E-state index is -1.09. The number of rotatable bonds is 8. The van der Waals surface area contributed by atoms with Crippen LogP contribution in [0.1, 0.15) is 53.4 Å². The number of carbonyl (C=O) groups is 1. The quantitative estimate of drug-likeness (QED) is 0.406. The molecule has 4 atom stereocenters. The fourth-order valence-corrected chi connectivity index (χ4v) is 2.48. The molecule has 0 radical (unpaired) electrons. The van der Waals surface area contributed by atoms with Crippen molar-refractivity contribution in [2.45, 2.75) is 71.9 Å². The molecule has 1 aliphatic rings. The van der Waals surface area contributed by atoms with Crippen LogP contribution in [-0.4, -0.2) is 29.4 Å². The van der Waals surface area contributed by atoms with Crippen molar-refractivity contribution in [2.24, 2.45) is 11.3 Å². The van der Waals surface area contributed by atoms with Gasteiger partial charge in [0.15, 0.2) is 0 Å². The van der Waals surface area contributed by atoms with Gasteiger partial charge in [-0.3, -0.25) is 10.1 Å². The number of nitrogens with one attached hydrogen (secondary N) is 1. The van der Waals surface area contributed by atoms with Gasteiger partial charge in [0.05, 0.1) is 12.1 Å². The molecule has 0 spiro atoms. The molecule has 20 heavy (non-hydrogen) atoms. The summed E-state index contributed by atoms with van der Waals surface area (Å²) in [6, 6.07) is -0.420. The second-order valence-corrected chi connectivity index (χ2v) is 6.70. The second-order valence-electron chi connectivity index (χ2n) is 6.70. The van der Waals surface area contributed by atoms with E-state index in [2.05, 4.69) is 11.2 Å². The van der Waals surface area contributed by atoms with Crippen LogP contribution >= 0.6 is 0 Å². The Morgan fingerprint density at radius 3 is 2.70 bits per heavy atom. The van der Waals surface area contributed by atoms with Crippen LogP contribution in [0.2, 0.25) is 0 Å². The molecule has 0 aliphatic heterocycles. The summed E-state index contributed by atoms with van der Waals surface area (Å²) in [5.74, 6) is 3.11. The molecule has 2 N–H and O–H groups in total. The van der Waals surface area contributed by atoms with Crippen molar-refractivity contribution in [1.29, 1.82) is 0 Å². The lowest BCUT2D eigenvalue weighted by Gasteiger charge is -2.31. The van der Waals surface area contributed by atoms with Gasteiger partial charge in [0.1, 0.15) is 5.78 Å². The fraction of sp³-hybridized carbons (Fsp3) is 0.812. The molecule has 1 saturated carbocycles. The number of aliphatic hydroxyl groups is 1. The number of hydrogen-bond acceptors (Lipinski definition) is 4. The maximum Gasteiger partial charge on any atom is 0.214 e. The van der Waals surface area contributed by atoms with Gasteiger partial charge in [0.25, 0.3) is 0 Å². The molecule has 0 aromatic heterocycles. The minimum Gasteiger partial charge on any atom is -0.356 e. The first-order chi connectivity index (χ1) is 9.25. The zero-order chi connectivity index (χ0) is 15.3. The predicted octanol–water partition coefficient (Wildman–Crippen LogP) is 2.06. The van der Waals surface area contributed by atoms with E-state index in [1.165, 1.54) is 6.92 Å². The van der Waals surface area contributed by atoms with E-state index in [9.17, 15) is 9.90 Å². The number of carbonyl (C=O) groups excluding carboxylic acids is 1. The summed E-state index contributed by atoms with van der Waals surface area (Å²) < 4.78 is 5.52. The fourth-order valence-electron chi connectivity index (χ4n) is 2.48. The molecule has 4 nitrogen and oxygen atoms in total. The number of hydrogen-bond donors (Lipinski definition) is 2. The zero-order valence-electron chi connectivity index (χ0n) is 13.0. The number of unbranched alkanes of at least 4 members (excludes halogenated alkanes) is 1. The highest BCUT2D eigenvalue weighted by Gasteiger charge is 2.40. The SMILES string of the molecule is C#CCCCC1CC1OC(O)NC(C(C)=O)C(C)(C)C. The van der Waals surface area contributed by atoms with E-state index >= 15 is 0 Å². The minimum absolute atomic E-state index is 0.00140. The van der Waals surface area contributed by atoms with Gasteiger partial charge in [-0.15, -0.1) is 12.3 Å². The van der Waals surface area contributed by atoms with Gasteiger partial charge in [-0.25, -0.2) is 0 Å². The molecular formula is C16H27NO3. The Morgan fingerprint density at radius 1 is 1.55 bits per heavy atom. The Bertz CT molecular complexity index is 367. The third-order valence-corrected chi connectivity index (χ3v) is 3.64. The van der Waals surface area contributed by atoms with Crippen molar-refractivity contribution in [1.82, 2.24) is 5.32 Å². The van der Waals surface area contributed by atoms with E-state index in [0.29, 0.717) is 5.92 Å². The standard InChI is InChI=1S/C16H27NO3/c1-6-7-8-9-12-10-13(12)20-15(19)17-14(11(2)18)16(3,4)5/h1,12-15,17,19H,7-10H2,2-5H3. The van der Waals surface area contributed by atoms with Crippen LogP contribution in [0, 0.1) is 23.7 Å². The highest BCUT2D eigenvalue weighted by Crippen LogP contribution is 2.38. The monoisotopic (exact) mass is 281 g/mol. The van der Waals surface area contributed by atoms with Crippen molar-refractivity contribution in [2.75, 3.05) is 0 Å². The van der Waals surface area contributed by atoms with Crippen LogP contribution in [0.15, 0.2) is 0 Å². The van der Waals surface area contributed by atoms with Gasteiger partial charge in [-0.1, -0.05) is 20.8 Å². The molecule has 114 valence electrons. The number of ketones is 1. The molecule has 0 heterocycles. The summed E-state index contributed by atoms with van der Waals surface area (Å²) in [5, 5.41) is 12.8. The lowest BCUT2D eigenvalue weighted by atomic mass is 9.84. The molecule has 1 fully saturated rings. The number of aliphatic hydroxyl groups excluding tert-OH is 1. The molecule has 0 bridgehead atoms. The first-order valence-corrected chi connectivity index (χ1v) is 7.29. The molecule has 1 aliphatic carbocycles. The maximum absolute atomic E-state index is 11.6. The van der Waals surface area contributed by atoms with Crippen molar-refractivity contribution in [3.05, 3.63) is 0 Å². The molecular weight excluding hydrogens is 254 g/mol. The third-order valence-electron chi connectivity index (χ3n) is 3.64. The number of Topliss-reactive ketones (excluding diaryl/α,β-unsaturated/α-hetero) is 1. The molecule has 4 heteroatoms. The first kappa shape index (κ1) is 17.2. The highest BCUT2D eigenvalue weighted by molar-refractivity contribution is 5.82. The lowest BCUT2D eigenvalue weighted by Crippen LogP contribution is -2.51. The number of terminal acetylenes is 1. The largest absolute Gasteiger partial charge is 0.356 e. The second kappa shape index (κ2) is 7.21. The summed E-state index contributed by atoms with van der Waals surface area (Å²) in [5.41, 5.74) is -0.258. The average molecular weight is 281 g/mol. The first-order valence-electron chi connectivity index (χ1n) is 7.29. The van der Waals surface area contributed by atoms with E-state index in [4.69, 9.17) is 11.2 Å². The topological polar surface area (TPSA) is 58.6 Å². The van der Waals surface area contributed by atoms with E-state index in [1.807, 2.05) is 20.8 Å². The predicted molar refractivity (Wildman–Crippen MR) is 78.7 cm³/mol. The molecule has 0 saturated heterocycles. The van der Waals surface area contributed by atoms with Crippen LogP contribution in [0.3, 0.4) is 0 Å². The molecule has 0 aromatic rings. The van der Waals surface area contributed by atoms with Crippen LogP contribution in [0.25, 0.3) is 0 Å². The van der Waals surface area contributed by atoms with Gasteiger partial charge in [0, 0.05) is 6.42 Å². The van der Waals surface area contributed by atoms with Crippen molar-refractivity contribution < 1.29 is 14.6 Å².